The van der Waals surface area contributed by atoms with Crippen LogP contribution in [0.1, 0.15) is 63.4 Å². The van der Waals surface area contributed by atoms with Crippen molar-refractivity contribution in [3.63, 3.8) is 0 Å². The van der Waals surface area contributed by atoms with E-state index in [1.807, 2.05) is 18.2 Å². The molecule has 28 heavy (non-hydrogen) atoms. The molecule has 0 spiro atoms. The van der Waals surface area contributed by atoms with Crippen LogP contribution in [0.5, 0.6) is 11.5 Å². The highest BCUT2D eigenvalue weighted by atomic mass is 16.5. The fourth-order valence-electron chi connectivity index (χ4n) is 2.87. The molecular formula is C22H33NO5. The minimum Gasteiger partial charge on any atom is -0.497 e. The summed E-state index contributed by atoms with van der Waals surface area (Å²) in [5, 5.41) is 11.5. The summed E-state index contributed by atoms with van der Waals surface area (Å²) in [5.41, 5.74) is 0.792. The van der Waals surface area contributed by atoms with Gasteiger partial charge in [0.25, 0.3) is 0 Å². The Hall–Kier alpha value is -2.50. The van der Waals surface area contributed by atoms with Crippen LogP contribution in [0.25, 0.3) is 6.08 Å². The van der Waals surface area contributed by atoms with Gasteiger partial charge in [0.1, 0.15) is 11.5 Å². The number of carbonyl (C=O) groups is 2. The fourth-order valence-corrected chi connectivity index (χ4v) is 2.87. The Morgan fingerprint density at radius 3 is 2.21 bits per heavy atom. The van der Waals surface area contributed by atoms with E-state index < -0.39 is 5.97 Å². The van der Waals surface area contributed by atoms with Crippen LogP contribution >= 0.6 is 0 Å². The average molecular weight is 392 g/mol. The van der Waals surface area contributed by atoms with E-state index in [9.17, 15) is 9.59 Å². The number of rotatable bonds is 15. The van der Waals surface area contributed by atoms with Crippen LogP contribution in [0, 0.1) is 0 Å². The van der Waals surface area contributed by atoms with Gasteiger partial charge in [-0.1, -0.05) is 38.5 Å². The maximum atomic E-state index is 11.9. The molecule has 0 bridgehead atoms. The van der Waals surface area contributed by atoms with Crippen LogP contribution in [0.4, 0.5) is 0 Å². The van der Waals surface area contributed by atoms with Crippen LogP contribution < -0.4 is 14.8 Å². The molecule has 0 fully saturated rings. The Balaban J connectivity index is 2.13. The van der Waals surface area contributed by atoms with E-state index >= 15 is 0 Å². The van der Waals surface area contributed by atoms with Gasteiger partial charge >= 0.3 is 5.97 Å². The molecule has 1 rings (SSSR count). The van der Waals surface area contributed by atoms with Crippen LogP contribution in [0.3, 0.4) is 0 Å². The normalized spacial score (nSPS) is 10.8. The predicted octanol–water partition coefficient (Wildman–Crippen LogP) is 4.43. The van der Waals surface area contributed by atoms with Crippen molar-refractivity contribution in [2.45, 2.75) is 57.8 Å². The number of hydrogen-bond donors (Lipinski definition) is 2. The first-order valence-electron chi connectivity index (χ1n) is 9.96. The highest BCUT2D eigenvalue weighted by Gasteiger charge is 2.03. The Labute approximate surface area is 167 Å². The summed E-state index contributed by atoms with van der Waals surface area (Å²) >= 11 is 0. The first-order valence-corrected chi connectivity index (χ1v) is 9.96. The number of amides is 1. The molecule has 6 heteroatoms. The molecule has 0 saturated heterocycles. The zero-order valence-corrected chi connectivity index (χ0v) is 17.0. The molecule has 1 aromatic carbocycles. The Kier molecular flexibility index (Phi) is 12.2. The third-order valence-corrected chi connectivity index (χ3v) is 4.47. The smallest absolute Gasteiger partial charge is 0.303 e. The Morgan fingerprint density at radius 2 is 1.61 bits per heavy atom. The number of carbonyl (C=O) groups excluding carboxylic acids is 1. The number of benzene rings is 1. The number of aliphatic carboxylic acids is 1. The van der Waals surface area contributed by atoms with Crippen molar-refractivity contribution in [2.75, 3.05) is 20.8 Å². The standard InChI is InChI=1S/C22H33NO5/c1-27-19-13-14-20(28-2)18(17-19)12-15-21(24)23-16-10-8-6-4-3-5-7-9-11-22(25)26/h12-15,17H,3-11,16H2,1-2H3,(H,23,24)(H,25,26)/b15-12+. The topological polar surface area (TPSA) is 84.9 Å². The summed E-state index contributed by atoms with van der Waals surface area (Å²) in [6.45, 7) is 0.664. The number of carboxylic acids is 1. The van der Waals surface area contributed by atoms with Gasteiger partial charge in [-0.3, -0.25) is 9.59 Å². The second-order valence-electron chi connectivity index (χ2n) is 6.70. The molecule has 0 aromatic heterocycles. The van der Waals surface area contributed by atoms with Crippen LogP contribution in [-0.2, 0) is 9.59 Å². The Morgan fingerprint density at radius 1 is 0.964 bits per heavy atom. The van der Waals surface area contributed by atoms with E-state index in [-0.39, 0.29) is 12.3 Å². The third kappa shape index (κ3) is 10.6. The minimum absolute atomic E-state index is 0.122. The molecule has 0 atom stereocenters. The average Bonchev–Trinajstić information content (AvgIpc) is 2.69. The van der Waals surface area contributed by atoms with Gasteiger partial charge in [-0.25, -0.2) is 0 Å². The first-order chi connectivity index (χ1) is 13.6. The van der Waals surface area contributed by atoms with E-state index in [0.717, 1.165) is 56.9 Å². The van der Waals surface area contributed by atoms with Gasteiger partial charge < -0.3 is 19.9 Å². The van der Waals surface area contributed by atoms with Crippen molar-refractivity contribution in [1.82, 2.24) is 5.32 Å². The number of unbranched alkanes of at least 4 members (excludes halogenated alkanes) is 7. The highest BCUT2D eigenvalue weighted by Crippen LogP contribution is 2.24. The van der Waals surface area contributed by atoms with Gasteiger partial charge in [-0.05, 0) is 37.1 Å². The third-order valence-electron chi connectivity index (χ3n) is 4.47. The summed E-state index contributed by atoms with van der Waals surface area (Å²) in [6.07, 6.45) is 11.9. The maximum Gasteiger partial charge on any atom is 0.303 e. The summed E-state index contributed by atoms with van der Waals surface area (Å²) in [7, 11) is 3.19. The number of hydrogen-bond acceptors (Lipinski definition) is 4. The maximum absolute atomic E-state index is 11.9. The van der Waals surface area contributed by atoms with E-state index in [4.69, 9.17) is 14.6 Å². The van der Waals surface area contributed by atoms with Crippen molar-refractivity contribution in [3.05, 3.63) is 29.8 Å². The van der Waals surface area contributed by atoms with Crippen molar-refractivity contribution in [1.29, 1.82) is 0 Å². The highest BCUT2D eigenvalue weighted by molar-refractivity contribution is 5.92. The molecule has 2 N–H and O–H groups in total. The van der Waals surface area contributed by atoms with Crippen LogP contribution in [0.2, 0.25) is 0 Å². The van der Waals surface area contributed by atoms with Gasteiger partial charge in [-0.15, -0.1) is 0 Å². The minimum atomic E-state index is -0.709. The van der Waals surface area contributed by atoms with Gasteiger partial charge in [0, 0.05) is 24.6 Å². The van der Waals surface area contributed by atoms with Crippen molar-refractivity contribution < 1.29 is 24.2 Å². The van der Waals surface area contributed by atoms with Crippen LogP contribution in [-0.4, -0.2) is 37.7 Å². The molecule has 0 saturated carbocycles. The zero-order chi connectivity index (χ0) is 20.6. The molecule has 0 aliphatic rings. The molecule has 0 radical (unpaired) electrons. The number of methoxy groups -OCH3 is 2. The van der Waals surface area contributed by atoms with E-state index in [1.165, 1.54) is 6.08 Å². The number of ether oxygens (including phenoxy) is 2. The lowest BCUT2D eigenvalue weighted by molar-refractivity contribution is -0.137. The quantitative estimate of drug-likeness (QED) is 0.341. The molecule has 1 amide bonds. The van der Waals surface area contributed by atoms with Crippen molar-refractivity contribution in [2.24, 2.45) is 0 Å². The van der Waals surface area contributed by atoms with Gasteiger partial charge in [-0.2, -0.15) is 0 Å². The molecule has 156 valence electrons. The monoisotopic (exact) mass is 391 g/mol. The summed E-state index contributed by atoms with van der Waals surface area (Å²) in [4.78, 5) is 22.3. The molecule has 1 aromatic rings. The van der Waals surface area contributed by atoms with Crippen LogP contribution in [0.15, 0.2) is 24.3 Å². The molecule has 0 aliphatic heterocycles. The largest absolute Gasteiger partial charge is 0.497 e. The summed E-state index contributed by atoms with van der Waals surface area (Å²) < 4.78 is 10.5. The second kappa shape index (κ2) is 14.5. The molecule has 6 nitrogen and oxygen atoms in total. The molecule has 0 aliphatic carbocycles. The van der Waals surface area contributed by atoms with E-state index in [2.05, 4.69) is 5.32 Å². The lowest BCUT2D eigenvalue weighted by atomic mass is 10.1. The summed E-state index contributed by atoms with van der Waals surface area (Å²) in [6, 6.07) is 5.44. The predicted molar refractivity (Wildman–Crippen MR) is 111 cm³/mol. The van der Waals surface area contributed by atoms with Crippen molar-refractivity contribution in [3.8, 4) is 11.5 Å². The van der Waals surface area contributed by atoms with Gasteiger partial charge in [0.05, 0.1) is 14.2 Å². The van der Waals surface area contributed by atoms with Gasteiger partial charge in [0.15, 0.2) is 0 Å². The SMILES string of the molecule is COc1ccc(OC)c(/C=C/C(=O)NCCCCCCCCCCC(=O)O)c1. The lowest BCUT2D eigenvalue weighted by Crippen LogP contribution is -2.21. The fraction of sp³-hybridized carbons (Fsp3) is 0.545. The first kappa shape index (κ1) is 23.5. The summed E-state index contributed by atoms with van der Waals surface area (Å²) in [5.74, 6) is 0.568. The lowest BCUT2D eigenvalue weighted by Gasteiger charge is -2.07. The van der Waals surface area contributed by atoms with Gasteiger partial charge in [0.2, 0.25) is 5.91 Å². The number of carboxylic acid groups (broad SMARTS) is 1. The second-order valence-corrected chi connectivity index (χ2v) is 6.70. The van der Waals surface area contributed by atoms with Crippen molar-refractivity contribution >= 4 is 18.0 Å². The molecular weight excluding hydrogens is 358 g/mol. The molecule has 0 heterocycles. The molecule has 0 unspecified atom stereocenters. The Bertz CT molecular complexity index is 627. The van der Waals surface area contributed by atoms with E-state index in [0.29, 0.717) is 18.0 Å². The van der Waals surface area contributed by atoms with E-state index in [1.54, 1.807) is 20.3 Å². The number of nitrogens with one attached hydrogen (secondary N) is 1. The zero-order valence-electron chi connectivity index (χ0n) is 17.0.